The third-order valence-electron chi connectivity index (χ3n) is 5.82. The normalized spacial score (nSPS) is 12.0. The average molecular weight is 510 g/mol. The Kier molecular flexibility index (Phi) is 6.77. The molecule has 0 bridgehead atoms. The highest BCUT2D eigenvalue weighted by atomic mass is 32.2. The van der Waals surface area contributed by atoms with E-state index in [9.17, 15) is 13.2 Å². The fourth-order valence-electron chi connectivity index (χ4n) is 3.59. The van der Waals surface area contributed by atoms with E-state index in [1.807, 2.05) is 29.6 Å². The molecule has 0 spiro atoms. The number of sulfonamides is 1. The van der Waals surface area contributed by atoms with E-state index in [1.54, 1.807) is 31.3 Å². The minimum absolute atomic E-state index is 0.0490. The fourth-order valence-corrected chi connectivity index (χ4v) is 4.68. The quantitative estimate of drug-likeness (QED) is 0.349. The Balaban J connectivity index is 1.39. The van der Waals surface area contributed by atoms with E-state index in [0.717, 1.165) is 16.9 Å². The highest BCUT2D eigenvalue weighted by molar-refractivity contribution is 7.92. The lowest BCUT2D eigenvalue weighted by Crippen LogP contribution is -2.38. The topological polar surface area (TPSA) is 124 Å². The number of nitrogens with zero attached hydrogens (tertiary/aromatic N) is 4. The van der Waals surface area contributed by atoms with Crippen molar-refractivity contribution in [1.29, 1.82) is 0 Å². The van der Waals surface area contributed by atoms with Crippen LogP contribution >= 0.6 is 0 Å². The van der Waals surface area contributed by atoms with Crippen molar-refractivity contribution in [2.75, 3.05) is 23.2 Å². The van der Waals surface area contributed by atoms with Gasteiger partial charge in [-0.25, -0.2) is 17.7 Å². The number of hydrogen-bond donors (Lipinski definition) is 3. The number of benzene rings is 2. The Bertz CT molecular complexity index is 1480. The first-order valence-corrected chi connectivity index (χ1v) is 13.1. The minimum atomic E-state index is -3.81. The van der Waals surface area contributed by atoms with Gasteiger partial charge in [-0.1, -0.05) is 44.5 Å². The third kappa shape index (κ3) is 5.51. The zero-order valence-electron chi connectivity index (χ0n) is 21.0. The lowest BCUT2D eigenvalue weighted by atomic mass is 9.93. The Morgan fingerprint density at radius 3 is 2.50 bits per heavy atom. The second-order valence-corrected chi connectivity index (χ2v) is 11.4. The molecule has 2 amide bonds. The van der Waals surface area contributed by atoms with Gasteiger partial charge in [0.15, 0.2) is 11.5 Å². The Morgan fingerprint density at radius 1 is 1.08 bits per heavy atom. The molecular weight excluding hydrogens is 478 g/mol. The fraction of sp³-hybridized carbons (Fsp3) is 0.320. The van der Waals surface area contributed by atoms with Crippen LogP contribution in [0.4, 0.5) is 16.2 Å². The molecule has 0 aliphatic carbocycles. The molecule has 2 heterocycles. The number of carbonyl (C=O) groups is 1. The molecule has 190 valence electrons. The Hall–Kier alpha value is -3.86. The van der Waals surface area contributed by atoms with Crippen molar-refractivity contribution in [2.24, 2.45) is 0 Å². The highest BCUT2D eigenvalue weighted by Gasteiger charge is 2.20. The van der Waals surface area contributed by atoms with Crippen LogP contribution in [-0.4, -0.2) is 47.9 Å². The summed E-state index contributed by atoms with van der Waals surface area (Å²) in [6.45, 7) is 8.60. The van der Waals surface area contributed by atoms with E-state index in [1.165, 1.54) is 17.0 Å². The predicted molar refractivity (Wildman–Crippen MR) is 140 cm³/mol. The van der Waals surface area contributed by atoms with Crippen LogP contribution < -0.4 is 14.9 Å². The lowest BCUT2D eigenvalue weighted by molar-refractivity contribution is 0.247. The van der Waals surface area contributed by atoms with E-state index in [0.29, 0.717) is 30.2 Å². The molecular formula is C25H31N7O3S. The molecule has 0 atom stereocenters. The highest BCUT2D eigenvalue weighted by Crippen LogP contribution is 2.23. The molecule has 0 radical (unpaired) electrons. The number of H-pyrrole nitrogens is 1. The minimum Gasteiger partial charge on any atom is -0.337 e. The predicted octanol–water partition coefficient (Wildman–Crippen LogP) is 3.85. The summed E-state index contributed by atoms with van der Waals surface area (Å²) in [5.41, 5.74) is 3.68. The summed E-state index contributed by atoms with van der Waals surface area (Å²) in [6, 6.07) is 14.9. The van der Waals surface area contributed by atoms with Crippen molar-refractivity contribution < 1.29 is 13.2 Å². The number of aromatic amines is 1. The molecule has 11 heteroatoms. The van der Waals surface area contributed by atoms with Crippen LogP contribution in [0.2, 0.25) is 0 Å². The van der Waals surface area contributed by atoms with E-state index in [2.05, 4.69) is 46.1 Å². The first kappa shape index (κ1) is 25.2. The molecule has 0 aliphatic heterocycles. The smallest absolute Gasteiger partial charge is 0.321 e. The molecule has 0 fully saturated rings. The molecule has 0 saturated carbocycles. The SMILES string of the molecule is Cc1ccc(NS(=O)(=O)c2cccc(N(C)C(=O)NCCc3nnc4cc(C(C)(C)C)[nH]n34)c2)cc1. The van der Waals surface area contributed by atoms with Crippen molar-refractivity contribution >= 4 is 33.1 Å². The van der Waals surface area contributed by atoms with E-state index < -0.39 is 10.0 Å². The first-order valence-electron chi connectivity index (χ1n) is 11.6. The number of hydrogen-bond acceptors (Lipinski definition) is 5. The zero-order valence-corrected chi connectivity index (χ0v) is 21.8. The molecule has 2 aromatic heterocycles. The summed E-state index contributed by atoms with van der Waals surface area (Å²) >= 11 is 0. The largest absolute Gasteiger partial charge is 0.337 e. The molecule has 4 aromatic rings. The monoisotopic (exact) mass is 509 g/mol. The van der Waals surface area contributed by atoms with Gasteiger partial charge < -0.3 is 5.32 Å². The van der Waals surface area contributed by atoms with Crippen LogP contribution in [0.3, 0.4) is 0 Å². The number of rotatable bonds is 7. The van der Waals surface area contributed by atoms with Gasteiger partial charge in [-0.3, -0.25) is 14.7 Å². The van der Waals surface area contributed by atoms with E-state index in [-0.39, 0.29) is 16.3 Å². The maximum atomic E-state index is 12.9. The van der Waals surface area contributed by atoms with Gasteiger partial charge in [-0.15, -0.1) is 10.2 Å². The standard InChI is InChI=1S/C25H31N7O3S/c1-17-9-11-18(12-10-17)30-36(34,35)20-8-6-7-19(15-20)31(5)24(33)26-14-13-22-27-28-23-16-21(25(2,3)4)29-32(22)23/h6-12,15-16,29-30H,13-14H2,1-5H3,(H,26,33). The van der Waals surface area contributed by atoms with Gasteiger partial charge >= 0.3 is 6.03 Å². The average Bonchev–Trinajstić information content (AvgIpc) is 3.42. The number of carbonyl (C=O) groups excluding carboxylic acids is 1. The number of amides is 2. The molecule has 36 heavy (non-hydrogen) atoms. The first-order chi connectivity index (χ1) is 16.9. The maximum Gasteiger partial charge on any atom is 0.321 e. The maximum absolute atomic E-state index is 12.9. The molecule has 3 N–H and O–H groups in total. The molecule has 0 saturated heterocycles. The lowest BCUT2D eigenvalue weighted by Gasteiger charge is -2.19. The Morgan fingerprint density at radius 2 is 1.81 bits per heavy atom. The summed E-state index contributed by atoms with van der Waals surface area (Å²) in [7, 11) is -2.23. The summed E-state index contributed by atoms with van der Waals surface area (Å²) in [5.74, 6) is 0.707. The van der Waals surface area contributed by atoms with Crippen molar-refractivity contribution in [3.63, 3.8) is 0 Å². The van der Waals surface area contributed by atoms with E-state index >= 15 is 0 Å². The van der Waals surface area contributed by atoms with Gasteiger partial charge in [0.1, 0.15) is 0 Å². The van der Waals surface area contributed by atoms with Gasteiger partial charge in [0.2, 0.25) is 0 Å². The second kappa shape index (κ2) is 9.65. The van der Waals surface area contributed by atoms with Crippen molar-refractivity contribution in [3.05, 3.63) is 71.7 Å². The number of aryl methyl sites for hydroxylation is 1. The summed E-state index contributed by atoms with van der Waals surface area (Å²) in [6.07, 6.45) is 0.472. The zero-order chi connectivity index (χ0) is 26.1. The van der Waals surface area contributed by atoms with E-state index in [4.69, 9.17) is 0 Å². The number of urea groups is 1. The summed E-state index contributed by atoms with van der Waals surface area (Å²) in [5, 5.41) is 14.6. The van der Waals surface area contributed by atoms with Crippen molar-refractivity contribution in [2.45, 2.75) is 44.4 Å². The van der Waals surface area contributed by atoms with Crippen LogP contribution in [0.5, 0.6) is 0 Å². The van der Waals surface area contributed by atoms with Crippen LogP contribution in [0.25, 0.3) is 5.65 Å². The molecule has 2 aromatic carbocycles. The van der Waals surface area contributed by atoms with Crippen LogP contribution in [0, 0.1) is 6.92 Å². The number of aromatic nitrogens is 4. The Labute approximate surface area is 210 Å². The number of nitrogens with one attached hydrogen (secondary N) is 3. The van der Waals surface area contributed by atoms with Crippen LogP contribution in [0.15, 0.2) is 59.5 Å². The van der Waals surface area contributed by atoms with Gasteiger partial charge in [-0.05, 0) is 37.3 Å². The summed E-state index contributed by atoms with van der Waals surface area (Å²) < 4.78 is 30.1. The second-order valence-electron chi connectivity index (χ2n) is 9.74. The molecule has 0 unspecified atom stereocenters. The molecule has 4 rings (SSSR count). The summed E-state index contributed by atoms with van der Waals surface area (Å²) in [4.78, 5) is 14.2. The molecule has 10 nitrogen and oxygen atoms in total. The van der Waals surface area contributed by atoms with Crippen molar-refractivity contribution in [1.82, 2.24) is 25.1 Å². The third-order valence-corrected chi connectivity index (χ3v) is 7.20. The van der Waals surface area contributed by atoms with Gasteiger partial charge in [0.25, 0.3) is 10.0 Å². The van der Waals surface area contributed by atoms with Crippen molar-refractivity contribution in [3.8, 4) is 0 Å². The van der Waals surface area contributed by atoms with Gasteiger partial charge in [-0.2, -0.15) is 0 Å². The van der Waals surface area contributed by atoms with Crippen LogP contribution in [0.1, 0.15) is 37.9 Å². The van der Waals surface area contributed by atoms with Gasteiger partial charge in [0.05, 0.1) is 4.90 Å². The number of anilines is 2. The van der Waals surface area contributed by atoms with Gasteiger partial charge in [0, 0.05) is 48.6 Å². The molecule has 0 aliphatic rings. The number of fused-ring (bicyclic) bond motifs is 1. The van der Waals surface area contributed by atoms with Crippen LogP contribution in [-0.2, 0) is 21.9 Å².